The molecule has 0 radical (unpaired) electrons. The van der Waals surface area contributed by atoms with Gasteiger partial charge in [-0.05, 0) is 43.4 Å². The van der Waals surface area contributed by atoms with Crippen LogP contribution in [0.4, 0.5) is 10.6 Å². The van der Waals surface area contributed by atoms with Crippen LogP contribution in [0.3, 0.4) is 0 Å². The van der Waals surface area contributed by atoms with Crippen LogP contribution in [0.2, 0.25) is 0 Å². The Morgan fingerprint density at radius 1 is 1.14 bits per heavy atom. The second-order valence-corrected chi connectivity index (χ2v) is 9.34. The molecule has 9 nitrogen and oxygen atoms in total. The molecule has 10 heteroatoms. The molecule has 2 amide bonds. The molecule has 0 aliphatic carbocycles. The van der Waals surface area contributed by atoms with Crippen LogP contribution in [-0.4, -0.2) is 69.5 Å². The lowest BCUT2D eigenvalue weighted by molar-refractivity contribution is -0.130. The van der Waals surface area contributed by atoms with Crippen molar-refractivity contribution in [2.45, 2.75) is 25.8 Å². The van der Waals surface area contributed by atoms with Crippen molar-refractivity contribution < 1.29 is 19.5 Å². The first kappa shape index (κ1) is 24.6. The molecule has 4 rings (SSSR count). The normalized spacial score (nSPS) is 17.0. The summed E-state index contributed by atoms with van der Waals surface area (Å²) in [6.45, 7) is 3.25. The number of nitrogens with one attached hydrogen (secondary N) is 2. The number of hydrogen-bond acceptors (Lipinski definition) is 7. The van der Waals surface area contributed by atoms with Crippen LogP contribution in [0.1, 0.15) is 30.1 Å². The fraction of sp³-hybridized carbons (Fsp3) is 0.360. The summed E-state index contributed by atoms with van der Waals surface area (Å²) in [5.41, 5.74) is 0.456. The minimum atomic E-state index is -1.21. The first-order valence-electron chi connectivity index (χ1n) is 11.7. The maximum atomic E-state index is 12.9. The van der Waals surface area contributed by atoms with Gasteiger partial charge in [-0.2, -0.15) is 4.37 Å². The summed E-state index contributed by atoms with van der Waals surface area (Å²) in [4.78, 5) is 37.8. The van der Waals surface area contributed by atoms with Crippen molar-refractivity contribution in [1.29, 1.82) is 0 Å². The minimum absolute atomic E-state index is 0.119. The topological polar surface area (TPSA) is 115 Å². The van der Waals surface area contributed by atoms with Gasteiger partial charge in [0.1, 0.15) is 11.9 Å². The highest BCUT2D eigenvalue weighted by Gasteiger charge is 2.36. The van der Waals surface area contributed by atoms with E-state index >= 15 is 0 Å². The van der Waals surface area contributed by atoms with Crippen LogP contribution in [0.15, 0.2) is 54.6 Å². The van der Waals surface area contributed by atoms with E-state index in [4.69, 9.17) is 0 Å². The second-order valence-electron chi connectivity index (χ2n) is 8.53. The monoisotopic (exact) mass is 495 g/mol. The number of aromatic nitrogens is 1. The van der Waals surface area contributed by atoms with Gasteiger partial charge in [-0.3, -0.25) is 9.59 Å². The lowest BCUT2D eigenvalue weighted by Crippen LogP contribution is -2.57. The van der Waals surface area contributed by atoms with Crippen LogP contribution in [0, 0.1) is 5.92 Å². The van der Waals surface area contributed by atoms with Gasteiger partial charge in [-0.1, -0.05) is 42.5 Å². The SMILES string of the molecule is CC(C(=O)c1ccccc1)N(C(=O)O)N1CCCC(C(=O)NCCNc2nsc3ccccc23)C1. The molecule has 1 aromatic heterocycles. The average Bonchev–Trinajstić information content (AvgIpc) is 3.29. The number of anilines is 1. The fourth-order valence-electron chi connectivity index (χ4n) is 4.38. The highest BCUT2D eigenvalue weighted by Crippen LogP contribution is 2.26. The van der Waals surface area contributed by atoms with E-state index < -0.39 is 12.1 Å². The third-order valence-corrected chi connectivity index (χ3v) is 7.00. The second kappa shape index (κ2) is 11.3. The average molecular weight is 496 g/mol. The Morgan fingerprint density at radius 2 is 1.89 bits per heavy atom. The van der Waals surface area contributed by atoms with Crippen molar-refractivity contribution in [3.8, 4) is 0 Å². The maximum absolute atomic E-state index is 12.9. The first-order valence-corrected chi connectivity index (χ1v) is 12.5. The lowest BCUT2D eigenvalue weighted by atomic mass is 9.97. The molecule has 3 N–H and O–H groups in total. The summed E-state index contributed by atoms with van der Waals surface area (Å²) >= 11 is 1.43. The fourth-order valence-corrected chi connectivity index (χ4v) is 5.13. The van der Waals surface area contributed by atoms with E-state index in [9.17, 15) is 19.5 Å². The number of amides is 2. The number of nitrogens with zero attached hydrogens (tertiary/aromatic N) is 3. The van der Waals surface area contributed by atoms with Crippen molar-refractivity contribution in [1.82, 2.24) is 19.7 Å². The number of carbonyl (C=O) groups excluding carboxylic acids is 2. The smallest absolute Gasteiger partial charge is 0.422 e. The quantitative estimate of drug-likeness (QED) is 0.306. The van der Waals surface area contributed by atoms with E-state index in [1.165, 1.54) is 11.5 Å². The van der Waals surface area contributed by atoms with Crippen molar-refractivity contribution in [2.24, 2.45) is 5.92 Å². The largest absolute Gasteiger partial charge is 0.464 e. The molecule has 2 aromatic carbocycles. The predicted molar refractivity (Wildman–Crippen MR) is 136 cm³/mol. The Hall–Kier alpha value is -3.50. The van der Waals surface area contributed by atoms with Crippen LogP contribution in [-0.2, 0) is 4.79 Å². The van der Waals surface area contributed by atoms with Gasteiger partial charge in [0.15, 0.2) is 5.78 Å². The molecule has 1 fully saturated rings. The van der Waals surface area contributed by atoms with E-state index in [1.807, 2.05) is 24.3 Å². The standard InChI is InChI=1S/C25H29N5O4S/c1-17(22(31)18-8-3-2-4-9-18)30(25(33)34)29-15-7-10-19(16-29)24(32)27-14-13-26-23-20-11-5-6-12-21(20)35-28-23/h2-6,8-9,11-12,17,19H,7,10,13-16H2,1H3,(H,26,28)(H,27,32)(H,33,34). The zero-order chi connectivity index (χ0) is 24.8. The highest BCUT2D eigenvalue weighted by molar-refractivity contribution is 7.13. The van der Waals surface area contributed by atoms with Crippen molar-refractivity contribution in [3.05, 3.63) is 60.2 Å². The molecular weight excluding hydrogens is 466 g/mol. The third-order valence-electron chi connectivity index (χ3n) is 6.17. The molecule has 0 spiro atoms. The van der Waals surface area contributed by atoms with Crippen LogP contribution >= 0.6 is 11.5 Å². The summed E-state index contributed by atoms with van der Waals surface area (Å²) < 4.78 is 5.52. The minimum Gasteiger partial charge on any atom is -0.464 e. The van der Waals surface area contributed by atoms with Crippen molar-refractivity contribution in [3.63, 3.8) is 0 Å². The molecule has 1 aliphatic heterocycles. The number of benzene rings is 2. The number of hydrazine groups is 1. The van der Waals surface area contributed by atoms with Gasteiger partial charge in [0.05, 0.1) is 10.6 Å². The van der Waals surface area contributed by atoms with E-state index in [2.05, 4.69) is 15.0 Å². The number of hydrogen-bond donors (Lipinski definition) is 3. The van der Waals surface area contributed by atoms with E-state index in [-0.39, 0.29) is 24.2 Å². The lowest BCUT2D eigenvalue weighted by Gasteiger charge is -2.40. The Labute approximate surface area is 207 Å². The van der Waals surface area contributed by atoms with E-state index in [0.29, 0.717) is 38.0 Å². The number of piperidine rings is 1. The van der Waals surface area contributed by atoms with Gasteiger partial charge in [0.25, 0.3) is 0 Å². The van der Waals surface area contributed by atoms with Gasteiger partial charge < -0.3 is 15.7 Å². The Bertz CT molecular complexity index is 1180. The third kappa shape index (κ3) is 5.77. The molecule has 3 aromatic rings. The number of fused-ring (bicyclic) bond motifs is 1. The highest BCUT2D eigenvalue weighted by atomic mass is 32.1. The van der Waals surface area contributed by atoms with Gasteiger partial charge in [0, 0.05) is 37.1 Å². The Morgan fingerprint density at radius 3 is 2.66 bits per heavy atom. The molecule has 184 valence electrons. The molecule has 0 bridgehead atoms. The summed E-state index contributed by atoms with van der Waals surface area (Å²) in [5, 5.41) is 19.8. The van der Waals surface area contributed by atoms with Crippen molar-refractivity contribution >= 4 is 45.2 Å². The van der Waals surface area contributed by atoms with E-state index in [1.54, 1.807) is 42.3 Å². The first-order chi connectivity index (χ1) is 17.0. The summed E-state index contributed by atoms with van der Waals surface area (Å²) in [7, 11) is 0. The zero-order valence-corrected chi connectivity index (χ0v) is 20.3. The van der Waals surface area contributed by atoms with Crippen LogP contribution in [0.25, 0.3) is 10.1 Å². The molecule has 0 saturated carbocycles. The molecule has 2 atom stereocenters. The molecular formula is C25H29N5O4S. The molecule has 35 heavy (non-hydrogen) atoms. The number of Topliss-reactive ketones (excluding diaryl/α,β-unsaturated/α-hetero) is 1. The van der Waals surface area contributed by atoms with Crippen LogP contribution in [0.5, 0.6) is 0 Å². The van der Waals surface area contributed by atoms with E-state index in [0.717, 1.165) is 20.9 Å². The van der Waals surface area contributed by atoms with Gasteiger partial charge in [0.2, 0.25) is 5.91 Å². The Kier molecular flexibility index (Phi) is 7.94. The predicted octanol–water partition coefficient (Wildman–Crippen LogP) is 3.70. The number of carboxylic acid groups (broad SMARTS) is 1. The molecule has 2 heterocycles. The van der Waals surface area contributed by atoms with Gasteiger partial charge >= 0.3 is 6.09 Å². The summed E-state index contributed by atoms with van der Waals surface area (Å²) in [6.07, 6.45) is 0.125. The number of rotatable bonds is 9. The van der Waals surface area contributed by atoms with Gasteiger partial charge in [-0.15, -0.1) is 0 Å². The summed E-state index contributed by atoms with van der Waals surface area (Å²) in [5.74, 6) is 0.0508. The number of carbonyl (C=O) groups is 3. The molecule has 1 saturated heterocycles. The molecule has 2 unspecified atom stereocenters. The number of ketones is 1. The zero-order valence-electron chi connectivity index (χ0n) is 19.5. The van der Waals surface area contributed by atoms with Gasteiger partial charge in [-0.25, -0.2) is 14.8 Å². The Balaban J connectivity index is 1.31. The molecule has 1 aliphatic rings. The summed E-state index contributed by atoms with van der Waals surface area (Å²) in [6, 6.07) is 15.7. The maximum Gasteiger partial charge on any atom is 0.422 e. The van der Waals surface area contributed by atoms with Crippen LogP contribution < -0.4 is 10.6 Å². The van der Waals surface area contributed by atoms with Crippen molar-refractivity contribution in [2.75, 3.05) is 31.5 Å².